The van der Waals surface area contributed by atoms with Crippen LogP contribution >= 0.6 is 0 Å². The molecule has 2 rings (SSSR count). The molecule has 0 bridgehead atoms. The van der Waals surface area contributed by atoms with E-state index in [9.17, 15) is 9.90 Å². The normalized spacial score (nSPS) is 17.9. The molecule has 1 aromatic carbocycles. The summed E-state index contributed by atoms with van der Waals surface area (Å²) in [6, 6.07) is 7.70. The summed E-state index contributed by atoms with van der Waals surface area (Å²) in [4.78, 5) is 12.7. The van der Waals surface area contributed by atoms with Gasteiger partial charge in [-0.05, 0) is 30.5 Å². The lowest BCUT2D eigenvalue weighted by molar-refractivity contribution is -0.110. The molecule has 0 aliphatic carbocycles. The standard InChI is InChI=1S/C13H18N2O2/c16-10-14-12-4-6-15(7-5-12)9-11-2-1-3-13(17)8-11/h1-3,8,10,12,17H,4-7,9H2,(H,14,16). The molecular formula is C13H18N2O2. The van der Waals surface area contributed by atoms with E-state index in [1.807, 2.05) is 12.1 Å². The van der Waals surface area contributed by atoms with E-state index in [-0.39, 0.29) is 0 Å². The Morgan fingerprint density at radius 2 is 2.18 bits per heavy atom. The van der Waals surface area contributed by atoms with Gasteiger partial charge in [0.2, 0.25) is 6.41 Å². The van der Waals surface area contributed by atoms with Gasteiger partial charge in [0.25, 0.3) is 0 Å². The lowest BCUT2D eigenvalue weighted by atomic mass is 10.0. The van der Waals surface area contributed by atoms with Gasteiger partial charge in [-0.1, -0.05) is 12.1 Å². The number of phenols is 1. The SMILES string of the molecule is O=CNC1CCN(Cc2cccc(O)c2)CC1. The molecule has 0 aromatic heterocycles. The fourth-order valence-corrected chi connectivity index (χ4v) is 2.27. The van der Waals surface area contributed by atoms with Crippen LogP contribution in [0.4, 0.5) is 0 Å². The number of carbonyl (C=O) groups is 1. The van der Waals surface area contributed by atoms with E-state index >= 15 is 0 Å². The molecule has 1 amide bonds. The molecule has 2 N–H and O–H groups in total. The third kappa shape index (κ3) is 3.46. The predicted molar refractivity (Wildman–Crippen MR) is 65.6 cm³/mol. The van der Waals surface area contributed by atoms with E-state index in [0.29, 0.717) is 11.8 Å². The monoisotopic (exact) mass is 234 g/mol. The van der Waals surface area contributed by atoms with Crippen molar-refractivity contribution in [1.29, 1.82) is 0 Å². The first-order valence-corrected chi connectivity index (χ1v) is 5.98. The van der Waals surface area contributed by atoms with Gasteiger partial charge in [-0.2, -0.15) is 0 Å². The summed E-state index contributed by atoms with van der Waals surface area (Å²) < 4.78 is 0. The van der Waals surface area contributed by atoms with Gasteiger partial charge in [0.05, 0.1) is 0 Å². The van der Waals surface area contributed by atoms with E-state index in [2.05, 4.69) is 10.2 Å². The number of nitrogens with zero attached hydrogens (tertiary/aromatic N) is 1. The topological polar surface area (TPSA) is 52.6 Å². The average molecular weight is 234 g/mol. The number of piperidine rings is 1. The van der Waals surface area contributed by atoms with Crippen LogP contribution < -0.4 is 5.32 Å². The summed E-state index contributed by atoms with van der Waals surface area (Å²) in [5, 5.41) is 12.2. The van der Waals surface area contributed by atoms with E-state index < -0.39 is 0 Å². The van der Waals surface area contributed by atoms with E-state index in [0.717, 1.165) is 44.4 Å². The molecule has 1 aliphatic heterocycles. The summed E-state index contributed by atoms with van der Waals surface area (Å²) >= 11 is 0. The number of aromatic hydroxyl groups is 1. The molecule has 0 radical (unpaired) electrons. The van der Waals surface area contributed by atoms with Gasteiger partial charge in [-0.3, -0.25) is 9.69 Å². The smallest absolute Gasteiger partial charge is 0.207 e. The van der Waals surface area contributed by atoms with Crippen LogP contribution in [0.3, 0.4) is 0 Å². The van der Waals surface area contributed by atoms with Crippen molar-refractivity contribution in [2.45, 2.75) is 25.4 Å². The first-order valence-electron chi connectivity index (χ1n) is 5.98. The van der Waals surface area contributed by atoms with Crippen molar-refractivity contribution in [1.82, 2.24) is 10.2 Å². The van der Waals surface area contributed by atoms with Crippen LogP contribution in [0.5, 0.6) is 5.75 Å². The summed E-state index contributed by atoms with van der Waals surface area (Å²) in [5.74, 6) is 0.319. The highest BCUT2D eigenvalue weighted by molar-refractivity contribution is 5.46. The van der Waals surface area contributed by atoms with Crippen molar-refractivity contribution < 1.29 is 9.90 Å². The zero-order chi connectivity index (χ0) is 12.1. The minimum Gasteiger partial charge on any atom is -0.508 e. The Balaban J connectivity index is 1.83. The highest BCUT2D eigenvalue weighted by Crippen LogP contribution is 2.16. The summed E-state index contributed by atoms with van der Waals surface area (Å²) in [5.41, 5.74) is 1.13. The molecule has 4 heteroatoms. The molecule has 1 saturated heterocycles. The fraction of sp³-hybridized carbons (Fsp3) is 0.462. The number of amides is 1. The average Bonchev–Trinajstić information content (AvgIpc) is 2.32. The molecule has 4 nitrogen and oxygen atoms in total. The highest BCUT2D eigenvalue weighted by Gasteiger charge is 2.18. The second-order valence-corrected chi connectivity index (χ2v) is 4.50. The number of rotatable bonds is 4. The van der Waals surface area contributed by atoms with E-state index in [1.54, 1.807) is 12.1 Å². The second kappa shape index (κ2) is 5.68. The molecule has 1 heterocycles. The number of nitrogens with one attached hydrogen (secondary N) is 1. The van der Waals surface area contributed by atoms with Crippen LogP contribution in [0, 0.1) is 0 Å². The van der Waals surface area contributed by atoms with Gasteiger partial charge in [0.15, 0.2) is 0 Å². The maximum absolute atomic E-state index is 10.3. The summed E-state index contributed by atoms with van der Waals surface area (Å²) in [6.45, 7) is 2.84. The summed E-state index contributed by atoms with van der Waals surface area (Å²) in [7, 11) is 0. The second-order valence-electron chi connectivity index (χ2n) is 4.50. The van der Waals surface area contributed by atoms with Crippen LogP contribution in [-0.4, -0.2) is 35.5 Å². The van der Waals surface area contributed by atoms with E-state index in [4.69, 9.17) is 0 Å². The number of hydrogen-bond acceptors (Lipinski definition) is 3. The lowest BCUT2D eigenvalue weighted by Gasteiger charge is -2.31. The van der Waals surface area contributed by atoms with Crippen molar-refractivity contribution in [3.05, 3.63) is 29.8 Å². The first-order chi connectivity index (χ1) is 8.28. The molecule has 0 saturated carbocycles. The molecule has 17 heavy (non-hydrogen) atoms. The maximum atomic E-state index is 10.3. The van der Waals surface area contributed by atoms with Crippen LogP contribution in [0.25, 0.3) is 0 Å². The van der Waals surface area contributed by atoms with Crippen LogP contribution in [0.15, 0.2) is 24.3 Å². The number of carbonyl (C=O) groups excluding carboxylic acids is 1. The van der Waals surface area contributed by atoms with Crippen molar-refractivity contribution >= 4 is 6.41 Å². The van der Waals surface area contributed by atoms with Crippen molar-refractivity contribution in [2.24, 2.45) is 0 Å². The number of hydrogen-bond donors (Lipinski definition) is 2. The third-order valence-electron chi connectivity index (χ3n) is 3.21. The molecule has 1 aromatic rings. The summed E-state index contributed by atoms with van der Waals surface area (Å²) in [6.07, 6.45) is 2.78. The van der Waals surface area contributed by atoms with Gasteiger partial charge in [-0.15, -0.1) is 0 Å². The molecule has 1 fully saturated rings. The van der Waals surface area contributed by atoms with Crippen LogP contribution in [0.2, 0.25) is 0 Å². The minimum absolute atomic E-state index is 0.319. The first kappa shape index (κ1) is 11.9. The van der Waals surface area contributed by atoms with Crippen molar-refractivity contribution in [3.8, 4) is 5.75 Å². The largest absolute Gasteiger partial charge is 0.508 e. The fourth-order valence-electron chi connectivity index (χ4n) is 2.27. The molecule has 1 aliphatic rings. The number of likely N-dealkylation sites (tertiary alicyclic amines) is 1. The van der Waals surface area contributed by atoms with Gasteiger partial charge >= 0.3 is 0 Å². The molecule has 92 valence electrons. The Kier molecular flexibility index (Phi) is 3.98. The van der Waals surface area contributed by atoms with Gasteiger partial charge in [-0.25, -0.2) is 0 Å². The van der Waals surface area contributed by atoms with Crippen molar-refractivity contribution in [3.63, 3.8) is 0 Å². The Morgan fingerprint density at radius 1 is 1.41 bits per heavy atom. The third-order valence-corrected chi connectivity index (χ3v) is 3.21. The maximum Gasteiger partial charge on any atom is 0.207 e. The zero-order valence-corrected chi connectivity index (χ0v) is 9.80. The molecule has 0 atom stereocenters. The number of benzene rings is 1. The Morgan fingerprint density at radius 3 is 2.82 bits per heavy atom. The lowest BCUT2D eigenvalue weighted by Crippen LogP contribution is -2.41. The van der Waals surface area contributed by atoms with Gasteiger partial charge < -0.3 is 10.4 Å². The Hall–Kier alpha value is -1.55. The van der Waals surface area contributed by atoms with Crippen molar-refractivity contribution in [2.75, 3.05) is 13.1 Å². The molecule has 0 spiro atoms. The Bertz CT molecular complexity index is 373. The van der Waals surface area contributed by atoms with E-state index in [1.165, 1.54) is 0 Å². The molecular weight excluding hydrogens is 216 g/mol. The van der Waals surface area contributed by atoms with Gasteiger partial charge in [0, 0.05) is 25.7 Å². The van der Waals surface area contributed by atoms with Crippen LogP contribution in [0.1, 0.15) is 18.4 Å². The minimum atomic E-state index is 0.319. The van der Waals surface area contributed by atoms with Gasteiger partial charge in [0.1, 0.15) is 5.75 Å². The Labute approximate surface area is 101 Å². The van der Waals surface area contributed by atoms with Crippen LogP contribution in [-0.2, 0) is 11.3 Å². The zero-order valence-electron chi connectivity index (χ0n) is 9.80. The number of phenolic OH excluding ortho intramolecular Hbond substituents is 1. The quantitative estimate of drug-likeness (QED) is 0.767. The highest BCUT2D eigenvalue weighted by atomic mass is 16.3. The predicted octanol–water partition coefficient (Wildman–Crippen LogP) is 1.10. The molecule has 0 unspecified atom stereocenters.